The smallest absolute Gasteiger partial charge is 0.317 e. The lowest BCUT2D eigenvalue weighted by molar-refractivity contribution is 0.0732. The predicted octanol–water partition coefficient (Wildman–Crippen LogP) is -0.0401. The maximum Gasteiger partial charge on any atom is 0.317 e. The number of ether oxygens (including phenoxy) is 2. The molecule has 3 rings (SSSR count). The highest BCUT2D eigenvalue weighted by Crippen LogP contribution is 2.35. The summed E-state index contributed by atoms with van der Waals surface area (Å²) < 4.78 is 15.7. The van der Waals surface area contributed by atoms with E-state index in [-0.39, 0.29) is 19.9 Å². The molecular weight excluding hydrogens is 332 g/mol. The number of nitrogens with one attached hydrogen (secondary N) is 1. The first-order chi connectivity index (χ1) is 12.1. The molecule has 2 heterocycles. The van der Waals surface area contributed by atoms with Crippen molar-refractivity contribution in [2.24, 2.45) is 0 Å². The fraction of sp³-hybridized carbons (Fsp3) is 0.400. The van der Waals surface area contributed by atoms with E-state index in [1.807, 2.05) is 0 Å². The van der Waals surface area contributed by atoms with Crippen LogP contribution in [0.2, 0.25) is 0 Å². The molecular formula is C15H18N4O6. The highest BCUT2D eigenvalue weighted by atomic mass is 16.7. The number of carbonyl (C=O) groups is 1. The highest BCUT2D eigenvalue weighted by Gasteiger charge is 2.18. The number of benzene rings is 1. The second-order valence-corrected chi connectivity index (χ2v) is 5.46. The Bertz CT molecular complexity index is 749. The van der Waals surface area contributed by atoms with Crippen molar-refractivity contribution in [2.75, 3.05) is 27.0 Å². The van der Waals surface area contributed by atoms with Crippen LogP contribution < -0.4 is 14.8 Å². The van der Waals surface area contributed by atoms with E-state index in [9.17, 15) is 9.90 Å². The van der Waals surface area contributed by atoms with Crippen molar-refractivity contribution < 1.29 is 29.0 Å². The van der Waals surface area contributed by atoms with Crippen molar-refractivity contribution in [1.82, 2.24) is 20.4 Å². The maximum absolute atomic E-state index is 11.9. The first kappa shape index (κ1) is 17.0. The molecule has 3 N–H and O–H groups in total. The van der Waals surface area contributed by atoms with Crippen LogP contribution in [-0.2, 0) is 6.54 Å². The number of aliphatic hydroxyl groups is 2. The van der Waals surface area contributed by atoms with Gasteiger partial charge in [0.25, 0.3) is 5.89 Å². The van der Waals surface area contributed by atoms with Gasteiger partial charge in [-0.25, -0.2) is 4.79 Å². The second-order valence-electron chi connectivity index (χ2n) is 5.46. The third kappa shape index (κ3) is 3.98. The summed E-state index contributed by atoms with van der Waals surface area (Å²) in [4.78, 5) is 17.3. The number of fused-ring (bicyclic) bond motifs is 1. The maximum atomic E-state index is 11.9. The molecule has 0 unspecified atom stereocenters. The zero-order valence-corrected chi connectivity index (χ0v) is 13.5. The van der Waals surface area contributed by atoms with Gasteiger partial charge in [0.15, 0.2) is 17.3 Å². The predicted molar refractivity (Wildman–Crippen MR) is 83.8 cm³/mol. The van der Waals surface area contributed by atoms with Gasteiger partial charge in [-0.1, -0.05) is 5.16 Å². The standard InChI is InChI=1S/C15H18N4O6/c1-19(6-10(21)7-20)15(22)16-5-13-17-14(25-18-13)9-2-3-11-12(4-9)24-8-23-11/h2-4,10,20-21H,5-8H2,1H3,(H,16,22)/t10-/m0/s1. The van der Waals surface area contributed by atoms with Crippen LogP contribution in [0.25, 0.3) is 11.5 Å². The molecule has 0 saturated carbocycles. The van der Waals surface area contributed by atoms with E-state index in [0.29, 0.717) is 28.8 Å². The summed E-state index contributed by atoms with van der Waals surface area (Å²) in [5.41, 5.74) is 0.678. The van der Waals surface area contributed by atoms with Gasteiger partial charge in [0, 0.05) is 12.6 Å². The number of rotatable bonds is 6. The Morgan fingerprint density at radius 3 is 3.00 bits per heavy atom. The topological polar surface area (TPSA) is 130 Å². The molecule has 0 saturated heterocycles. The molecule has 10 nitrogen and oxygen atoms in total. The summed E-state index contributed by atoms with van der Waals surface area (Å²) in [6, 6.07) is 4.84. The van der Waals surface area contributed by atoms with Crippen LogP contribution in [0.3, 0.4) is 0 Å². The van der Waals surface area contributed by atoms with Crippen molar-refractivity contribution in [2.45, 2.75) is 12.6 Å². The van der Waals surface area contributed by atoms with Crippen molar-refractivity contribution in [1.29, 1.82) is 0 Å². The summed E-state index contributed by atoms with van der Waals surface area (Å²) in [5, 5.41) is 24.5. The Kier molecular flexibility index (Phi) is 5.00. The Balaban J connectivity index is 1.58. The van der Waals surface area contributed by atoms with Crippen LogP contribution in [-0.4, -0.2) is 64.4 Å². The van der Waals surface area contributed by atoms with Crippen molar-refractivity contribution in [3.63, 3.8) is 0 Å². The fourth-order valence-corrected chi connectivity index (χ4v) is 2.22. The first-order valence-electron chi connectivity index (χ1n) is 7.57. The van der Waals surface area contributed by atoms with Gasteiger partial charge in [0.1, 0.15) is 0 Å². The van der Waals surface area contributed by atoms with E-state index in [4.69, 9.17) is 19.1 Å². The summed E-state index contributed by atoms with van der Waals surface area (Å²) >= 11 is 0. The van der Waals surface area contributed by atoms with Gasteiger partial charge in [-0.05, 0) is 18.2 Å². The van der Waals surface area contributed by atoms with Gasteiger partial charge in [-0.3, -0.25) is 0 Å². The van der Waals surface area contributed by atoms with E-state index in [2.05, 4.69) is 15.5 Å². The van der Waals surface area contributed by atoms with Gasteiger partial charge >= 0.3 is 6.03 Å². The largest absolute Gasteiger partial charge is 0.454 e. The minimum absolute atomic E-state index is 0.0109. The summed E-state index contributed by atoms with van der Waals surface area (Å²) in [6.07, 6.45) is -0.987. The zero-order chi connectivity index (χ0) is 17.8. The second kappa shape index (κ2) is 7.36. The first-order valence-corrected chi connectivity index (χ1v) is 7.57. The monoisotopic (exact) mass is 350 g/mol. The number of hydrogen-bond acceptors (Lipinski definition) is 8. The third-order valence-corrected chi connectivity index (χ3v) is 3.53. The average Bonchev–Trinajstić information content (AvgIpc) is 3.27. The Labute approximate surface area is 143 Å². The molecule has 1 aliphatic rings. The van der Waals surface area contributed by atoms with E-state index in [1.165, 1.54) is 11.9 Å². The zero-order valence-electron chi connectivity index (χ0n) is 13.5. The Hall–Kier alpha value is -2.85. The average molecular weight is 350 g/mol. The van der Waals surface area contributed by atoms with Crippen LogP contribution in [0.5, 0.6) is 11.5 Å². The van der Waals surface area contributed by atoms with Crippen LogP contribution >= 0.6 is 0 Å². The van der Waals surface area contributed by atoms with E-state index in [0.717, 1.165) is 0 Å². The van der Waals surface area contributed by atoms with Crippen LogP contribution in [0.1, 0.15) is 5.82 Å². The molecule has 25 heavy (non-hydrogen) atoms. The van der Waals surface area contributed by atoms with Gasteiger partial charge in [-0.2, -0.15) is 4.98 Å². The molecule has 134 valence electrons. The van der Waals surface area contributed by atoms with Crippen LogP contribution in [0.4, 0.5) is 4.79 Å². The lowest BCUT2D eigenvalue weighted by Crippen LogP contribution is -2.41. The molecule has 10 heteroatoms. The molecule has 1 aromatic heterocycles. The number of likely N-dealkylation sites (N-methyl/N-ethyl adjacent to an activating group) is 1. The fourth-order valence-electron chi connectivity index (χ4n) is 2.22. The van der Waals surface area contributed by atoms with Gasteiger partial charge in [-0.15, -0.1) is 0 Å². The SMILES string of the molecule is CN(C[C@H](O)CO)C(=O)NCc1noc(-c2ccc3c(c2)OCO3)n1. The third-order valence-electron chi connectivity index (χ3n) is 3.53. The molecule has 2 aromatic rings. The van der Waals surface area contributed by atoms with Gasteiger partial charge in [0.2, 0.25) is 6.79 Å². The number of urea groups is 1. The number of amides is 2. The Morgan fingerprint density at radius 2 is 2.20 bits per heavy atom. The molecule has 0 fully saturated rings. The van der Waals surface area contributed by atoms with Crippen molar-refractivity contribution in [3.05, 3.63) is 24.0 Å². The van der Waals surface area contributed by atoms with E-state index < -0.39 is 18.7 Å². The quantitative estimate of drug-likeness (QED) is 0.662. The van der Waals surface area contributed by atoms with Gasteiger partial charge < -0.3 is 34.4 Å². The molecule has 0 radical (unpaired) electrons. The van der Waals surface area contributed by atoms with E-state index >= 15 is 0 Å². The minimum Gasteiger partial charge on any atom is -0.454 e. The molecule has 2 amide bonds. The molecule has 1 atom stereocenters. The van der Waals surface area contributed by atoms with Crippen molar-refractivity contribution >= 4 is 6.03 Å². The number of carbonyl (C=O) groups excluding carboxylic acids is 1. The molecule has 1 aliphatic heterocycles. The Morgan fingerprint density at radius 1 is 1.40 bits per heavy atom. The lowest BCUT2D eigenvalue weighted by Gasteiger charge is -2.19. The van der Waals surface area contributed by atoms with Gasteiger partial charge in [0.05, 0.1) is 25.8 Å². The van der Waals surface area contributed by atoms with Crippen LogP contribution in [0.15, 0.2) is 22.7 Å². The lowest BCUT2D eigenvalue weighted by atomic mass is 10.2. The summed E-state index contributed by atoms with van der Waals surface area (Å²) in [6.45, 7) is -0.163. The highest BCUT2D eigenvalue weighted by molar-refractivity contribution is 5.73. The number of hydrogen-bond donors (Lipinski definition) is 3. The molecule has 0 aliphatic carbocycles. The number of aliphatic hydroxyl groups excluding tert-OH is 2. The molecule has 0 spiro atoms. The number of aromatic nitrogens is 2. The van der Waals surface area contributed by atoms with Crippen molar-refractivity contribution in [3.8, 4) is 23.0 Å². The summed E-state index contributed by atoms with van der Waals surface area (Å²) in [7, 11) is 1.50. The minimum atomic E-state index is -0.987. The summed E-state index contributed by atoms with van der Waals surface area (Å²) in [5.74, 6) is 1.86. The molecule has 0 bridgehead atoms. The van der Waals surface area contributed by atoms with Crippen LogP contribution in [0, 0.1) is 0 Å². The van der Waals surface area contributed by atoms with E-state index in [1.54, 1.807) is 18.2 Å². The normalized spacial score (nSPS) is 13.6. The number of nitrogens with zero attached hydrogens (tertiary/aromatic N) is 3. The molecule has 1 aromatic carbocycles.